The minimum absolute atomic E-state index is 0.0393. The molecule has 1 aliphatic rings. The zero-order valence-corrected chi connectivity index (χ0v) is 13.1. The van der Waals surface area contributed by atoms with Crippen LogP contribution in [0.25, 0.3) is 0 Å². The third-order valence-corrected chi connectivity index (χ3v) is 4.12. The van der Waals surface area contributed by atoms with E-state index in [1.165, 1.54) is 0 Å². The minimum atomic E-state index is -4.18. The summed E-state index contributed by atoms with van der Waals surface area (Å²) in [5.41, 5.74) is 0. The maximum absolute atomic E-state index is 12.7. The molecule has 2 amide bonds. The number of hydrogen-bond acceptors (Lipinski definition) is 3. The molecule has 2 atom stereocenters. The van der Waals surface area contributed by atoms with E-state index < -0.39 is 24.2 Å². The van der Waals surface area contributed by atoms with E-state index in [1.54, 1.807) is 6.33 Å². The van der Waals surface area contributed by atoms with Gasteiger partial charge in [0.1, 0.15) is 12.2 Å². The summed E-state index contributed by atoms with van der Waals surface area (Å²) in [7, 11) is 0. The summed E-state index contributed by atoms with van der Waals surface area (Å²) in [5.74, 6) is -0.488. The number of urea groups is 1. The van der Waals surface area contributed by atoms with Gasteiger partial charge in [0.25, 0.3) is 0 Å². The van der Waals surface area contributed by atoms with Crippen LogP contribution in [0, 0.1) is 5.92 Å². The molecule has 9 heteroatoms. The largest absolute Gasteiger partial charge is 0.391 e. The third kappa shape index (κ3) is 5.11. The molecule has 1 saturated carbocycles. The van der Waals surface area contributed by atoms with Crippen LogP contribution in [0.2, 0.25) is 0 Å². The van der Waals surface area contributed by atoms with Gasteiger partial charge in [-0.2, -0.15) is 13.2 Å². The molecule has 130 valence electrons. The van der Waals surface area contributed by atoms with E-state index in [2.05, 4.69) is 20.8 Å². The topological polar surface area (TPSA) is 71.8 Å². The first kappa shape index (κ1) is 17.6. The van der Waals surface area contributed by atoms with Gasteiger partial charge in [0.05, 0.1) is 5.92 Å². The van der Waals surface area contributed by atoms with E-state index in [9.17, 15) is 18.0 Å². The molecular formula is C14H22F3N5O. The van der Waals surface area contributed by atoms with Crippen LogP contribution in [0.3, 0.4) is 0 Å². The molecule has 0 aliphatic heterocycles. The highest BCUT2D eigenvalue weighted by atomic mass is 19.4. The minimum Gasteiger partial charge on any atom is -0.336 e. The van der Waals surface area contributed by atoms with Crippen LogP contribution >= 0.6 is 0 Å². The Morgan fingerprint density at radius 1 is 1.43 bits per heavy atom. The lowest BCUT2D eigenvalue weighted by Gasteiger charge is -2.31. The van der Waals surface area contributed by atoms with Gasteiger partial charge >= 0.3 is 12.2 Å². The highest BCUT2D eigenvalue weighted by Gasteiger charge is 2.42. The summed E-state index contributed by atoms with van der Waals surface area (Å²) in [5, 5.41) is 13.0. The Morgan fingerprint density at radius 2 is 2.22 bits per heavy atom. The van der Waals surface area contributed by atoms with Crippen molar-refractivity contribution in [2.24, 2.45) is 5.92 Å². The van der Waals surface area contributed by atoms with Crippen LogP contribution in [-0.4, -0.2) is 39.6 Å². The molecule has 6 nitrogen and oxygen atoms in total. The fourth-order valence-corrected chi connectivity index (χ4v) is 2.88. The van der Waals surface area contributed by atoms with Gasteiger partial charge < -0.3 is 15.2 Å². The molecule has 2 rings (SSSR count). The lowest BCUT2D eigenvalue weighted by molar-refractivity contribution is -0.183. The summed E-state index contributed by atoms with van der Waals surface area (Å²) in [6.07, 6.45) is -0.664. The number of carbonyl (C=O) groups excluding carboxylic acids is 1. The SMILES string of the molecule is CCc1nncn1CCNC(=O)N[C@H]1CCC[C@H](C(F)(F)F)C1. The average molecular weight is 333 g/mol. The van der Waals surface area contributed by atoms with Gasteiger partial charge in [-0.1, -0.05) is 13.3 Å². The number of hydrogen-bond donors (Lipinski definition) is 2. The van der Waals surface area contributed by atoms with Crippen LogP contribution in [0.1, 0.15) is 38.4 Å². The first-order chi connectivity index (χ1) is 10.9. The van der Waals surface area contributed by atoms with E-state index in [-0.39, 0.29) is 12.8 Å². The normalized spacial score (nSPS) is 21.9. The van der Waals surface area contributed by atoms with Crippen molar-refractivity contribution in [2.45, 2.75) is 57.8 Å². The zero-order valence-electron chi connectivity index (χ0n) is 13.1. The van der Waals surface area contributed by atoms with Gasteiger partial charge in [-0.05, 0) is 19.3 Å². The van der Waals surface area contributed by atoms with Crippen molar-refractivity contribution in [1.82, 2.24) is 25.4 Å². The van der Waals surface area contributed by atoms with E-state index in [4.69, 9.17) is 0 Å². The highest BCUT2D eigenvalue weighted by molar-refractivity contribution is 5.74. The Hall–Kier alpha value is -1.80. The van der Waals surface area contributed by atoms with Gasteiger partial charge in [0, 0.05) is 25.6 Å². The molecule has 0 spiro atoms. The molecule has 0 saturated heterocycles. The number of aryl methyl sites for hydroxylation is 1. The van der Waals surface area contributed by atoms with Gasteiger partial charge in [-0.25, -0.2) is 4.79 Å². The maximum atomic E-state index is 12.7. The second kappa shape index (κ2) is 7.65. The van der Waals surface area contributed by atoms with E-state index >= 15 is 0 Å². The standard InChI is InChI=1S/C14H22F3N5O/c1-2-12-21-19-9-22(12)7-6-18-13(23)20-11-5-3-4-10(8-11)14(15,16)17/h9-11H,2-8H2,1H3,(H2,18,20,23)/t10-,11-/m0/s1. The van der Waals surface area contributed by atoms with Crippen molar-refractivity contribution in [3.63, 3.8) is 0 Å². The molecule has 0 bridgehead atoms. The average Bonchev–Trinajstić information content (AvgIpc) is 2.94. The summed E-state index contributed by atoms with van der Waals surface area (Å²) in [4.78, 5) is 11.8. The first-order valence-corrected chi connectivity index (χ1v) is 7.88. The number of alkyl halides is 3. The van der Waals surface area contributed by atoms with Crippen molar-refractivity contribution in [2.75, 3.05) is 6.54 Å². The maximum Gasteiger partial charge on any atom is 0.391 e. The molecular weight excluding hydrogens is 311 g/mol. The quantitative estimate of drug-likeness (QED) is 0.868. The van der Waals surface area contributed by atoms with Crippen molar-refractivity contribution >= 4 is 6.03 Å². The van der Waals surface area contributed by atoms with Crippen molar-refractivity contribution < 1.29 is 18.0 Å². The predicted octanol–water partition coefficient (Wildman–Crippen LogP) is 2.26. The number of aromatic nitrogens is 3. The summed E-state index contributed by atoms with van der Waals surface area (Å²) in [6.45, 7) is 2.85. The molecule has 1 aliphatic carbocycles. The smallest absolute Gasteiger partial charge is 0.336 e. The van der Waals surface area contributed by atoms with Crippen molar-refractivity contribution in [3.05, 3.63) is 12.2 Å². The summed E-state index contributed by atoms with van der Waals surface area (Å²) < 4.78 is 40.1. The van der Waals surface area contributed by atoms with Crippen molar-refractivity contribution in [1.29, 1.82) is 0 Å². The number of halogens is 3. The molecule has 23 heavy (non-hydrogen) atoms. The number of carbonyl (C=O) groups is 1. The molecule has 1 fully saturated rings. The van der Waals surface area contributed by atoms with E-state index in [1.807, 2.05) is 11.5 Å². The number of rotatable bonds is 5. The molecule has 1 aromatic rings. The summed E-state index contributed by atoms with van der Waals surface area (Å²) in [6, 6.07) is -0.847. The number of nitrogens with one attached hydrogen (secondary N) is 2. The zero-order chi connectivity index (χ0) is 16.9. The number of amides is 2. The lowest BCUT2D eigenvalue weighted by Crippen LogP contribution is -2.46. The predicted molar refractivity (Wildman–Crippen MR) is 77.7 cm³/mol. The highest BCUT2D eigenvalue weighted by Crippen LogP contribution is 2.37. The van der Waals surface area contributed by atoms with Gasteiger partial charge in [0.15, 0.2) is 0 Å². The molecule has 1 heterocycles. The summed E-state index contributed by atoms with van der Waals surface area (Å²) >= 11 is 0. The van der Waals surface area contributed by atoms with E-state index in [0.29, 0.717) is 25.9 Å². The van der Waals surface area contributed by atoms with Gasteiger partial charge in [-0.15, -0.1) is 10.2 Å². The van der Waals surface area contributed by atoms with Crippen molar-refractivity contribution in [3.8, 4) is 0 Å². The number of nitrogens with zero attached hydrogens (tertiary/aromatic N) is 3. The molecule has 0 unspecified atom stereocenters. The molecule has 0 radical (unpaired) electrons. The second-order valence-electron chi connectivity index (χ2n) is 5.80. The monoisotopic (exact) mass is 333 g/mol. The lowest BCUT2D eigenvalue weighted by atomic mass is 9.85. The van der Waals surface area contributed by atoms with Crippen LogP contribution in [0.5, 0.6) is 0 Å². The van der Waals surface area contributed by atoms with Gasteiger partial charge in [-0.3, -0.25) is 0 Å². The fourth-order valence-electron chi connectivity index (χ4n) is 2.88. The Bertz CT molecular complexity index is 517. The molecule has 1 aromatic heterocycles. The second-order valence-corrected chi connectivity index (χ2v) is 5.80. The van der Waals surface area contributed by atoms with Crippen LogP contribution in [-0.2, 0) is 13.0 Å². The van der Waals surface area contributed by atoms with Crippen LogP contribution in [0.4, 0.5) is 18.0 Å². The van der Waals surface area contributed by atoms with Gasteiger partial charge in [0.2, 0.25) is 0 Å². The Kier molecular flexibility index (Phi) is 5.84. The Labute approximate surface area is 132 Å². The molecule has 0 aromatic carbocycles. The fraction of sp³-hybridized carbons (Fsp3) is 0.786. The van der Waals surface area contributed by atoms with Crippen LogP contribution < -0.4 is 10.6 Å². The Balaban J connectivity index is 1.72. The van der Waals surface area contributed by atoms with Crippen LogP contribution in [0.15, 0.2) is 6.33 Å². The first-order valence-electron chi connectivity index (χ1n) is 7.88. The Morgan fingerprint density at radius 3 is 2.91 bits per heavy atom. The molecule has 2 N–H and O–H groups in total. The van der Waals surface area contributed by atoms with E-state index in [0.717, 1.165) is 12.2 Å². The third-order valence-electron chi connectivity index (χ3n) is 4.12.